The summed E-state index contributed by atoms with van der Waals surface area (Å²) >= 11 is 0. The van der Waals surface area contributed by atoms with E-state index in [0.717, 1.165) is 24.4 Å². The molecule has 1 aromatic carbocycles. The van der Waals surface area contributed by atoms with Crippen LogP contribution in [0.4, 0.5) is 0 Å². The summed E-state index contributed by atoms with van der Waals surface area (Å²) in [6.45, 7) is 7.92. The van der Waals surface area contributed by atoms with Gasteiger partial charge < -0.3 is 9.84 Å². The molecule has 19 heavy (non-hydrogen) atoms. The van der Waals surface area contributed by atoms with Crippen LogP contribution in [0.25, 0.3) is 0 Å². The number of ether oxygens (including phenoxy) is 1. The van der Waals surface area contributed by atoms with E-state index in [1.165, 1.54) is 12.8 Å². The Kier molecular flexibility index (Phi) is 4.83. The molecule has 0 amide bonds. The van der Waals surface area contributed by atoms with Gasteiger partial charge in [-0.15, -0.1) is 0 Å². The fourth-order valence-corrected chi connectivity index (χ4v) is 2.34. The Morgan fingerprint density at radius 3 is 2.37 bits per heavy atom. The number of likely N-dealkylation sites (N-methyl/N-ethyl adjacent to an activating group) is 1. The van der Waals surface area contributed by atoms with Crippen LogP contribution < -0.4 is 4.74 Å². The maximum atomic E-state index is 10.3. The molecule has 0 aliphatic heterocycles. The molecule has 3 nitrogen and oxygen atoms in total. The van der Waals surface area contributed by atoms with Gasteiger partial charge in [-0.2, -0.15) is 0 Å². The van der Waals surface area contributed by atoms with Crippen molar-refractivity contribution in [3.05, 3.63) is 29.8 Å². The fourth-order valence-electron chi connectivity index (χ4n) is 2.34. The highest BCUT2D eigenvalue weighted by atomic mass is 16.5. The van der Waals surface area contributed by atoms with E-state index in [2.05, 4.69) is 11.8 Å². The molecule has 2 rings (SSSR count). The quantitative estimate of drug-likeness (QED) is 0.821. The standard InChI is InChI=1S/C16H25NO2/c1-4-17(14-7-8-14)11-16(18)13-5-9-15(10-6-13)19-12(2)3/h5-6,9-10,12,14,16,18H,4,7-8,11H2,1-3H3. The maximum absolute atomic E-state index is 10.3. The second kappa shape index (κ2) is 6.40. The molecule has 0 bridgehead atoms. The highest BCUT2D eigenvalue weighted by Gasteiger charge is 2.29. The number of aliphatic hydroxyl groups is 1. The van der Waals surface area contributed by atoms with Crippen molar-refractivity contribution < 1.29 is 9.84 Å². The summed E-state index contributed by atoms with van der Waals surface area (Å²) in [6.07, 6.45) is 2.33. The highest BCUT2D eigenvalue weighted by Crippen LogP contribution is 2.28. The maximum Gasteiger partial charge on any atom is 0.119 e. The molecule has 1 atom stereocenters. The first kappa shape index (κ1) is 14.4. The first-order valence-electron chi connectivity index (χ1n) is 7.29. The van der Waals surface area contributed by atoms with Crippen LogP contribution in [0.5, 0.6) is 5.75 Å². The van der Waals surface area contributed by atoms with Crippen molar-refractivity contribution in [1.29, 1.82) is 0 Å². The van der Waals surface area contributed by atoms with Crippen LogP contribution in [0.1, 0.15) is 45.3 Å². The first-order chi connectivity index (χ1) is 9.10. The van der Waals surface area contributed by atoms with Gasteiger partial charge in [-0.1, -0.05) is 19.1 Å². The molecule has 1 aromatic rings. The summed E-state index contributed by atoms with van der Waals surface area (Å²) < 4.78 is 5.61. The molecule has 1 N–H and O–H groups in total. The van der Waals surface area contributed by atoms with Crippen molar-refractivity contribution in [3.8, 4) is 5.75 Å². The van der Waals surface area contributed by atoms with Crippen LogP contribution in [0.15, 0.2) is 24.3 Å². The minimum atomic E-state index is -0.409. The summed E-state index contributed by atoms with van der Waals surface area (Å²) in [5.74, 6) is 0.862. The zero-order valence-electron chi connectivity index (χ0n) is 12.2. The number of benzene rings is 1. The van der Waals surface area contributed by atoms with E-state index in [9.17, 15) is 5.11 Å². The van der Waals surface area contributed by atoms with Gasteiger partial charge in [0.1, 0.15) is 5.75 Å². The molecule has 0 heterocycles. The predicted octanol–water partition coefficient (Wildman–Crippen LogP) is 2.99. The third kappa shape index (κ3) is 4.22. The lowest BCUT2D eigenvalue weighted by Gasteiger charge is -2.23. The van der Waals surface area contributed by atoms with E-state index in [1.807, 2.05) is 38.1 Å². The number of aliphatic hydroxyl groups excluding tert-OH is 1. The van der Waals surface area contributed by atoms with E-state index in [4.69, 9.17) is 4.74 Å². The first-order valence-corrected chi connectivity index (χ1v) is 7.29. The van der Waals surface area contributed by atoms with Crippen molar-refractivity contribution in [2.75, 3.05) is 13.1 Å². The zero-order valence-corrected chi connectivity index (χ0v) is 12.2. The Bertz CT molecular complexity index is 384. The average Bonchev–Trinajstić information content (AvgIpc) is 3.20. The van der Waals surface area contributed by atoms with E-state index >= 15 is 0 Å². The van der Waals surface area contributed by atoms with Crippen molar-refractivity contribution in [2.45, 2.75) is 51.9 Å². The monoisotopic (exact) mass is 263 g/mol. The number of hydrogen-bond donors (Lipinski definition) is 1. The summed E-state index contributed by atoms with van der Waals surface area (Å²) in [7, 11) is 0. The van der Waals surface area contributed by atoms with Crippen LogP contribution >= 0.6 is 0 Å². The van der Waals surface area contributed by atoms with Gasteiger partial charge in [-0.3, -0.25) is 4.90 Å². The molecule has 1 fully saturated rings. The SMILES string of the molecule is CCN(CC(O)c1ccc(OC(C)C)cc1)C1CC1. The Morgan fingerprint density at radius 2 is 1.89 bits per heavy atom. The topological polar surface area (TPSA) is 32.7 Å². The number of nitrogens with zero attached hydrogens (tertiary/aromatic N) is 1. The van der Waals surface area contributed by atoms with Gasteiger partial charge in [0.2, 0.25) is 0 Å². The third-order valence-electron chi connectivity index (χ3n) is 3.51. The van der Waals surface area contributed by atoms with Crippen LogP contribution in [0.2, 0.25) is 0 Å². The molecular weight excluding hydrogens is 238 g/mol. The molecule has 1 aliphatic rings. The van der Waals surface area contributed by atoms with E-state index < -0.39 is 6.10 Å². The van der Waals surface area contributed by atoms with Gasteiger partial charge in [-0.25, -0.2) is 0 Å². The smallest absolute Gasteiger partial charge is 0.119 e. The molecule has 106 valence electrons. The van der Waals surface area contributed by atoms with E-state index in [-0.39, 0.29) is 6.10 Å². The minimum absolute atomic E-state index is 0.182. The summed E-state index contributed by atoms with van der Waals surface area (Å²) in [6, 6.07) is 8.49. The minimum Gasteiger partial charge on any atom is -0.491 e. The highest BCUT2D eigenvalue weighted by molar-refractivity contribution is 5.28. The Labute approximate surface area is 116 Å². The molecule has 0 aromatic heterocycles. The molecule has 1 saturated carbocycles. The zero-order chi connectivity index (χ0) is 13.8. The third-order valence-corrected chi connectivity index (χ3v) is 3.51. The van der Waals surface area contributed by atoms with Crippen LogP contribution in [0.3, 0.4) is 0 Å². The van der Waals surface area contributed by atoms with E-state index in [0.29, 0.717) is 6.04 Å². The van der Waals surface area contributed by atoms with Crippen molar-refractivity contribution >= 4 is 0 Å². The average molecular weight is 263 g/mol. The Hall–Kier alpha value is -1.06. The fraction of sp³-hybridized carbons (Fsp3) is 0.625. The molecule has 3 heteroatoms. The van der Waals surface area contributed by atoms with Gasteiger partial charge in [-0.05, 0) is 50.9 Å². The van der Waals surface area contributed by atoms with Crippen LogP contribution in [0, 0.1) is 0 Å². The van der Waals surface area contributed by atoms with E-state index in [1.54, 1.807) is 0 Å². The second-order valence-corrected chi connectivity index (χ2v) is 5.57. The Balaban J connectivity index is 1.92. The largest absolute Gasteiger partial charge is 0.491 e. The van der Waals surface area contributed by atoms with Gasteiger partial charge in [0.05, 0.1) is 12.2 Å². The molecular formula is C16H25NO2. The van der Waals surface area contributed by atoms with Crippen molar-refractivity contribution in [3.63, 3.8) is 0 Å². The molecule has 1 aliphatic carbocycles. The van der Waals surface area contributed by atoms with Crippen LogP contribution in [-0.4, -0.2) is 35.2 Å². The lowest BCUT2D eigenvalue weighted by molar-refractivity contribution is 0.112. The van der Waals surface area contributed by atoms with Crippen molar-refractivity contribution in [1.82, 2.24) is 4.90 Å². The summed E-state index contributed by atoms with van der Waals surface area (Å²) in [4.78, 5) is 2.36. The summed E-state index contributed by atoms with van der Waals surface area (Å²) in [5.41, 5.74) is 0.968. The summed E-state index contributed by atoms with van der Waals surface area (Å²) in [5, 5.41) is 10.3. The normalized spacial score (nSPS) is 16.9. The van der Waals surface area contributed by atoms with Gasteiger partial charge in [0, 0.05) is 12.6 Å². The van der Waals surface area contributed by atoms with Gasteiger partial charge in [0.25, 0.3) is 0 Å². The Morgan fingerprint density at radius 1 is 1.26 bits per heavy atom. The molecule has 1 unspecified atom stereocenters. The lowest BCUT2D eigenvalue weighted by Crippen LogP contribution is -2.30. The van der Waals surface area contributed by atoms with Crippen LogP contribution in [-0.2, 0) is 0 Å². The van der Waals surface area contributed by atoms with Crippen molar-refractivity contribution in [2.24, 2.45) is 0 Å². The van der Waals surface area contributed by atoms with Gasteiger partial charge >= 0.3 is 0 Å². The van der Waals surface area contributed by atoms with Gasteiger partial charge in [0.15, 0.2) is 0 Å². The number of rotatable bonds is 7. The predicted molar refractivity (Wildman–Crippen MR) is 77.4 cm³/mol. The molecule has 0 spiro atoms. The lowest BCUT2D eigenvalue weighted by atomic mass is 10.1. The number of hydrogen-bond acceptors (Lipinski definition) is 3. The molecule has 0 radical (unpaired) electrons. The molecule has 0 saturated heterocycles. The second-order valence-electron chi connectivity index (χ2n) is 5.57.